The van der Waals surface area contributed by atoms with Gasteiger partial charge in [-0.1, -0.05) is 19.9 Å². The zero-order chi connectivity index (χ0) is 14.3. The molecule has 0 N–H and O–H groups in total. The number of hydrogen-bond acceptors (Lipinski definition) is 3. The minimum Gasteiger partial charge on any atom is -0.493 e. The van der Waals surface area contributed by atoms with Crippen LogP contribution < -0.4 is 9.47 Å². The van der Waals surface area contributed by atoms with Gasteiger partial charge in [-0.2, -0.15) is 0 Å². The number of methoxy groups -OCH3 is 2. The van der Waals surface area contributed by atoms with E-state index in [9.17, 15) is 4.79 Å². The highest BCUT2D eigenvalue weighted by Gasteiger charge is 2.14. The number of benzene rings is 1. The van der Waals surface area contributed by atoms with Crippen molar-refractivity contribution in [1.29, 1.82) is 0 Å². The Morgan fingerprint density at radius 2 is 1.84 bits per heavy atom. The SMILES string of the molecule is CCC(=O)CCC(CC)c1ccc(OC)c(OC)c1. The van der Waals surface area contributed by atoms with Crippen molar-refractivity contribution < 1.29 is 14.3 Å². The fourth-order valence-corrected chi connectivity index (χ4v) is 2.23. The van der Waals surface area contributed by atoms with Crippen molar-refractivity contribution in [2.75, 3.05) is 14.2 Å². The molecule has 0 aliphatic carbocycles. The van der Waals surface area contributed by atoms with Crippen LogP contribution in [-0.4, -0.2) is 20.0 Å². The van der Waals surface area contributed by atoms with E-state index in [0.717, 1.165) is 24.3 Å². The summed E-state index contributed by atoms with van der Waals surface area (Å²) in [5.41, 5.74) is 1.21. The highest BCUT2D eigenvalue weighted by molar-refractivity contribution is 5.78. The van der Waals surface area contributed by atoms with Crippen molar-refractivity contribution >= 4 is 5.78 Å². The summed E-state index contributed by atoms with van der Waals surface area (Å²) in [7, 11) is 3.28. The third kappa shape index (κ3) is 4.27. The number of Topliss-reactive ketones (excluding diaryl/α,β-unsaturated/α-hetero) is 1. The Morgan fingerprint density at radius 3 is 2.37 bits per heavy atom. The fourth-order valence-electron chi connectivity index (χ4n) is 2.23. The number of ketones is 1. The second-order valence-corrected chi connectivity index (χ2v) is 4.65. The van der Waals surface area contributed by atoms with E-state index in [-0.39, 0.29) is 0 Å². The molecule has 3 heteroatoms. The van der Waals surface area contributed by atoms with Gasteiger partial charge in [-0.3, -0.25) is 4.79 Å². The molecular weight excluding hydrogens is 240 g/mol. The number of hydrogen-bond donors (Lipinski definition) is 0. The molecular formula is C16H24O3. The molecule has 1 aromatic carbocycles. The Bertz CT molecular complexity index is 412. The van der Waals surface area contributed by atoms with Crippen molar-refractivity contribution in [3.05, 3.63) is 23.8 Å². The van der Waals surface area contributed by atoms with E-state index in [0.29, 0.717) is 24.5 Å². The van der Waals surface area contributed by atoms with E-state index in [1.807, 2.05) is 19.1 Å². The van der Waals surface area contributed by atoms with Crippen LogP contribution in [0.4, 0.5) is 0 Å². The molecule has 1 atom stereocenters. The average Bonchev–Trinajstić information content (AvgIpc) is 2.47. The topological polar surface area (TPSA) is 35.5 Å². The molecule has 1 rings (SSSR count). The lowest BCUT2D eigenvalue weighted by atomic mass is 9.90. The van der Waals surface area contributed by atoms with Crippen LogP contribution in [0.1, 0.15) is 51.0 Å². The molecule has 0 radical (unpaired) electrons. The number of ether oxygens (including phenoxy) is 2. The molecule has 1 aromatic rings. The van der Waals surface area contributed by atoms with Gasteiger partial charge in [-0.25, -0.2) is 0 Å². The Morgan fingerprint density at radius 1 is 1.16 bits per heavy atom. The molecule has 0 saturated carbocycles. The van der Waals surface area contributed by atoms with Crippen LogP contribution >= 0.6 is 0 Å². The molecule has 19 heavy (non-hydrogen) atoms. The summed E-state index contributed by atoms with van der Waals surface area (Å²) in [6, 6.07) is 6.01. The van der Waals surface area contributed by atoms with Gasteiger partial charge in [-0.05, 0) is 36.5 Å². The van der Waals surface area contributed by atoms with Crippen LogP contribution in [0, 0.1) is 0 Å². The van der Waals surface area contributed by atoms with E-state index in [2.05, 4.69) is 13.0 Å². The van der Waals surface area contributed by atoms with Gasteiger partial charge in [0.2, 0.25) is 0 Å². The summed E-state index contributed by atoms with van der Waals surface area (Å²) in [5.74, 6) is 2.22. The van der Waals surface area contributed by atoms with Crippen molar-refractivity contribution in [2.45, 2.75) is 45.4 Å². The average molecular weight is 264 g/mol. The van der Waals surface area contributed by atoms with E-state index < -0.39 is 0 Å². The first-order valence-corrected chi connectivity index (χ1v) is 6.89. The second-order valence-electron chi connectivity index (χ2n) is 4.65. The third-order valence-electron chi connectivity index (χ3n) is 3.54. The molecule has 0 heterocycles. The van der Waals surface area contributed by atoms with E-state index >= 15 is 0 Å². The first-order valence-electron chi connectivity index (χ1n) is 6.89. The standard InChI is InChI=1S/C16H24O3/c1-5-12(7-9-14(17)6-2)13-8-10-15(18-3)16(11-13)19-4/h8,10-12H,5-7,9H2,1-4H3. The van der Waals surface area contributed by atoms with Crippen LogP contribution in [0.15, 0.2) is 18.2 Å². The van der Waals surface area contributed by atoms with Crippen LogP contribution in [0.5, 0.6) is 11.5 Å². The van der Waals surface area contributed by atoms with E-state index in [4.69, 9.17) is 9.47 Å². The van der Waals surface area contributed by atoms with Gasteiger partial charge in [0.25, 0.3) is 0 Å². The lowest BCUT2D eigenvalue weighted by Crippen LogP contribution is -2.03. The molecule has 0 aliphatic rings. The first-order chi connectivity index (χ1) is 9.15. The van der Waals surface area contributed by atoms with E-state index in [1.165, 1.54) is 5.56 Å². The zero-order valence-corrected chi connectivity index (χ0v) is 12.4. The summed E-state index contributed by atoms with van der Waals surface area (Å²) in [5, 5.41) is 0. The van der Waals surface area contributed by atoms with Crippen LogP contribution in [0.3, 0.4) is 0 Å². The predicted octanol–water partition coefficient (Wildman–Crippen LogP) is 3.96. The maximum Gasteiger partial charge on any atom is 0.160 e. The molecule has 3 nitrogen and oxygen atoms in total. The predicted molar refractivity (Wildman–Crippen MR) is 77.1 cm³/mol. The molecule has 0 fully saturated rings. The Kier molecular flexibility index (Phi) is 6.40. The van der Waals surface area contributed by atoms with Gasteiger partial charge >= 0.3 is 0 Å². The second kappa shape index (κ2) is 7.82. The monoisotopic (exact) mass is 264 g/mol. The molecule has 0 aliphatic heterocycles. The fraction of sp³-hybridized carbons (Fsp3) is 0.562. The van der Waals surface area contributed by atoms with Crippen molar-refractivity contribution in [1.82, 2.24) is 0 Å². The smallest absolute Gasteiger partial charge is 0.160 e. The van der Waals surface area contributed by atoms with E-state index in [1.54, 1.807) is 14.2 Å². The summed E-state index contributed by atoms with van der Waals surface area (Å²) in [4.78, 5) is 11.4. The van der Waals surface area contributed by atoms with Crippen LogP contribution in [0.2, 0.25) is 0 Å². The number of carbonyl (C=O) groups excluding carboxylic acids is 1. The Hall–Kier alpha value is -1.51. The minimum atomic E-state index is 0.332. The number of rotatable bonds is 8. The number of carbonyl (C=O) groups is 1. The molecule has 106 valence electrons. The normalized spacial score (nSPS) is 12.0. The van der Waals surface area contributed by atoms with Gasteiger partial charge in [0, 0.05) is 12.8 Å². The summed E-state index contributed by atoms with van der Waals surface area (Å²) in [6.07, 6.45) is 3.21. The Balaban J connectivity index is 2.83. The maximum absolute atomic E-state index is 11.4. The zero-order valence-electron chi connectivity index (χ0n) is 12.4. The summed E-state index contributed by atoms with van der Waals surface area (Å²) >= 11 is 0. The molecule has 0 amide bonds. The van der Waals surface area contributed by atoms with Gasteiger partial charge in [0.05, 0.1) is 14.2 Å². The van der Waals surface area contributed by atoms with Crippen molar-refractivity contribution in [2.24, 2.45) is 0 Å². The van der Waals surface area contributed by atoms with Crippen molar-refractivity contribution in [3.8, 4) is 11.5 Å². The maximum atomic E-state index is 11.4. The van der Waals surface area contributed by atoms with Gasteiger partial charge < -0.3 is 9.47 Å². The van der Waals surface area contributed by atoms with Gasteiger partial charge in [0.15, 0.2) is 11.5 Å². The Labute approximate surface area is 115 Å². The lowest BCUT2D eigenvalue weighted by molar-refractivity contribution is -0.118. The summed E-state index contributed by atoms with van der Waals surface area (Å²) in [6.45, 7) is 4.07. The summed E-state index contributed by atoms with van der Waals surface area (Å²) < 4.78 is 10.6. The third-order valence-corrected chi connectivity index (χ3v) is 3.54. The quantitative estimate of drug-likeness (QED) is 0.713. The molecule has 0 saturated heterocycles. The minimum absolute atomic E-state index is 0.332. The molecule has 0 bridgehead atoms. The highest BCUT2D eigenvalue weighted by atomic mass is 16.5. The molecule has 0 spiro atoms. The van der Waals surface area contributed by atoms with Crippen LogP contribution in [-0.2, 0) is 4.79 Å². The van der Waals surface area contributed by atoms with Crippen LogP contribution in [0.25, 0.3) is 0 Å². The molecule has 1 unspecified atom stereocenters. The van der Waals surface area contributed by atoms with Crippen molar-refractivity contribution in [3.63, 3.8) is 0 Å². The largest absolute Gasteiger partial charge is 0.493 e. The van der Waals surface area contributed by atoms with Gasteiger partial charge in [0.1, 0.15) is 5.78 Å². The molecule has 0 aromatic heterocycles. The first kappa shape index (κ1) is 15.5. The lowest BCUT2D eigenvalue weighted by Gasteiger charge is -2.17. The highest BCUT2D eigenvalue weighted by Crippen LogP contribution is 2.33. The van der Waals surface area contributed by atoms with Gasteiger partial charge in [-0.15, -0.1) is 0 Å².